The number of carboxylic acid groups (broad SMARTS) is 1. The lowest BCUT2D eigenvalue weighted by atomic mass is 9.73. The topological polar surface area (TPSA) is 139 Å². The van der Waals surface area contributed by atoms with Crippen LogP contribution < -0.4 is 9.62 Å². The molecule has 3 N–H and O–H groups in total. The molecule has 3 aliphatic rings. The van der Waals surface area contributed by atoms with E-state index in [1.54, 1.807) is 12.3 Å². The minimum Gasteiger partial charge on any atom is -0.465 e. The van der Waals surface area contributed by atoms with Gasteiger partial charge in [0.1, 0.15) is 17.6 Å². The Hall–Kier alpha value is -4.63. The van der Waals surface area contributed by atoms with Gasteiger partial charge in [-0.3, -0.25) is 9.52 Å². The molecule has 4 aromatic rings. The monoisotopic (exact) mass is 640 g/mol. The molecule has 7 rings (SSSR count). The van der Waals surface area contributed by atoms with E-state index in [-0.39, 0.29) is 30.5 Å². The Morgan fingerprint density at radius 1 is 1.04 bits per heavy atom. The van der Waals surface area contributed by atoms with Crippen LogP contribution in [-0.2, 0) is 10.2 Å². The van der Waals surface area contributed by atoms with E-state index < -0.39 is 51.1 Å². The van der Waals surface area contributed by atoms with Crippen molar-refractivity contribution in [2.45, 2.75) is 12.6 Å². The summed E-state index contributed by atoms with van der Waals surface area (Å²) in [6, 6.07) is 11.0. The molecule has 2 aromatic carbocycles. The molecule has 0 radical (unpaired) electrons. The van der Waals surface area contributed by atoms with E-state index in [4.69, 9.17) is 5.11 Å². The van der Waals surface area contributed by atoms with Crippen LogP contribution in [0.1, 0.15) is 22.3 Å². The Balaban J connectivity index is 1.11. The van der Waals surface area contributed by atoms with Gasteiger partial charge in [-0.1, -0.05) is 12.1 Å². The molecule has 11 nitrogen and oxygen atoms in total. The van der Waals surface area contributed by atoms with E-state index in [1.807, 2.05) is 29.0 Å². The number of benzene rings is 2. The smallest absolute Gasteiger partial charge is 0.407 e. The third-order valence-corrected chi connectivity index (χ3v) is 10.2. The van der Waals surface area contributed by atoms with Crippen molar-refractivity contribution in [2.75, 3.05) is 48.9 Å². The predicted octanol–water partition coefficient (Wildman–Crippen LogP) is 4.24. The van der Waals surface area contributed by atoms with Gasteiger partial charge in [-0.05, 0) is 42.3 Å². The normalized spacial score (nSPS) is 19.5. The predicted molar refractivity (Wildman–Crippen MR) is 159 cm³/mol. The largest absolute Gasteiger partial charge is 0.465 e. The molecule has 45 heavy (non-hydrogen) atoms. The lowest BCUT2D eigenvalue weighted by Gasteiger charge is -2.60. The molecule has 0 bridgehead atoms. The van der Waals surface area contributed by atoms with Crippen molar-refractivity contribution in [3.05, 3.63) is 77.6 Å². The van der Waals surface area contributed by atoms with Crippen molar-refractivity contribution in [2.24, 2.45) is 5.41 Å². The maximum Gasteiger partial charge on any atom is 0.407 e. The lowest BCUT2D eigenvalue weighted by molar-refractivity contribution is -0.00941. The molecule has 0 saturated carbocycles. The summed E-state index contributed by atoms with van der Waals surface area (Å²) in [5.41, 5.74) is 1.11. The number of nitrogens with one attached hydrogen (secondary N) is 2. The number of amides is 1. The summed E-state index contributed by atoms with van der Waals surface area (Å²) in [6.45, 7) is 2.13. The summed E-state index contributed by atoms with van der Waals surface area (Å²) in [7, 11) is -4.34. The molecular weight excluding hydrogens is 613 g/mol. The Kier molecular flexibility index (Phi) is 6.78. The maximum atomic E-state index is 15.5. The summed E-state index contributed by atoms with van der Waals surface area (Å²) in [5, 5.41) is 9.41. The fourth-order valence-electron chi connectivity index (χ4n) is 6.34. The zero-order chi connectivity index (χ0) is 31.7. The minimum atomic E-state index is -4.34. The Morgan fingerprint density at radius 3 is 2.44 bits per heavy atom. The fraction of sp³-hybridized carbons (Fsp3) is 0.300. The molecule has 0 unspecified atom stereocenters. The number of halogens is 3. The average Bonchev–Trinajstić information content (AvgIpc) is 3.60. The summed E-state index contributed by atoms with van der Waals surface area (Å²) in [5.74, 6) is -3.58. The highest BCUT2D eigenvalue weighted by molar-refractivity contribution is 7.90. The zero-order valence-corrected chi connectivity index (χ0v) is 24.5. The highest BCUT2D eigenvalue weighted by atomic mass is 32.2. The average molecular weight is 641 g/mol. The number of carbonyl (C=O) groups is 2. The van der Waals surface area contributed by atoms with E-state index in [0.29, 0.717) is 29.7 Å². The third-order valence-electron chi connectivity index (χ3n) is 8.71. The van der Waals surface area contributed by atoms with Gasteiger partial charge in [0, 0.05) is 79.3 Å². The number of alkyl halides is 1. The Morgan fingerprint density at radius 2 is 1.78 bits per heavy atom. The number of rotatable bonds is 7. The van der Waals surface area contributed by atoms with Gasteiger partial charge in [0.25, 0.3) is 0 Å². The highest BCUT2D eigenvalue weighted by Crippen LogP contribution is 2.42. The van der Waals surface area contributed by atoms with Gasteiger partial charge in [0.15, 0.2) is 5.82 Å². The van der Waals surface area contributed by atoms with E-state index in [9.17, 15) is 26.8 Å². The second-order valence-electron chi connectivity index (χ2n) is 11.8. The van der Waals surface area contributed by atoms with Crippen LogP contribution >= 0.6 is 0 Å². The molecule has 1 atom stereocenters. The first-order valence-electron chi connectivity index (χ1n) is 14.2. The van der Waals surface area contributed by atoms with Crippen LogP contribution in [0, 0.1) is 17.0 Å². The minimum absolute atomic E-state index is 0.00545. The van der Waals surface area contributed by atoms with Crippen molar-refractivity contribution in [3.8, 4) is 11.1 Å². The molecular formula is C30H27F3N6O5S. The first-order valence-corrected chi connectivity index (χ1v) is 15.6. The number of hydrogen-bond acceptors (Lipinski definition) is 6. The number of H-pyrrole nitrogens is 1. The molecule has 234 valence electrons. The van der Waals surface area contributed by atoms with Crippen LogP contribution in [0.25, 0.3) is 22.2 Å². The van der Waals surface area contributed by atoms with Gasteiger partial charge in [0.05, 0.1) is 11.3 Å². The number of likely N-dealkylation sites (tertiary alicyclic amines) is 1. The second kappa shape index (κ2) is 10.5. The van der Waals surface area contributed by atoms with E-state index in [2.05, 4.69) is 14.9 Å². The standard InChI is InChI=1S/C30H27F3N6O5S/c31-19-7-8-39(12-19)45(43,44)36-24-6-5-23(32)25(26(24)33)27(40)22-11-35-28-21(22)9-18(10-34-28)17-1-3-20(4-2-17)37-13-30(14-37)15-38(16-30)29(41)42/h1-6,9-11,19,36H,7-8,12-16H2,(H,34,35)(H,41,42)/t19-/m1/s1. The number of pyridine rings is 1. The van der Waals surface area contributed by atoms with Crippen LogP contribution in [0.3, 0.4) is 0 Å². The van der Waals surface area contributed by atoms with E-state index in [1.165, 1.54) is 11.1 Å². The molecule has 0 aliphatic carbocycles. The van der Waals surface area contributed by atoms with Gasteiger partial charge >= 0.3 is 16.3 Å². The van der Waals surface area contributed by atoms with Crippen molar-refractivity contribution >= 4 is 44.5 Å². The summed E-state index contributed by atoms with van der Waals surface area (Å²) >= 11 is 0. The molecule has 1 spiro atoms. The number of aromatic amines is 1. The maximum absolute atomic E-state index is 15.5. The summed E-state index contributed by atoms with van der Waals surface area (Å²) in [4.78, 5) is 35.4. The van der Waals surface area contributed by atoms with Crippen molar-refractivity contribution in [1.29, 1.82) is 0 Å². The molecule has 3 saturated heterocycles. The van der Waals surface area contributed by atoms with Gasteiger partial charge in [-0.15, -0.1) is 0 Å². The van der Waals surface area contributed by atoms with Crippen LogP contribution in [0.2, 0.25) is 0 Å². The molecule has 15 heteroatoms. The van der Waals surface area contributed by atoms with Crippen molar-refractivity contribution in [1.82, 2.24) is 19.2 Å². The first-order chi connectivity index (χ1) is 21.4. The highest BCUT2D eigenvalue weighted by Gasteiger charge is 2.53. The number of carbonyl (C=O) groups excluding carboxylic acids is 1. The van der Waals surface area contributed by atoms with E-state index in [0.717, 1.165) is 40.8 Å². The Labute approximate surface area is 255 Å². The second-order valence-corrected chi connectivity index (χ2v) is 13.5. The van der Waals surface area contributed by atoms with Crippen LogP contribution in [-0.4, -0.2) is 90.0 Å². The molecule has 2 aromatic heterocycles. The zero-order valence-electron chi connectivity index (χ0n) is 23.6. The third kappa shape index (κ3) is 5.05. The van der Waals surface area contributed by atoms with Crippen LogP contribution in [0.15, 0.2) is 54.9 Å². The van der Waals surface area contributed by atoms with Gasteiger partial charge < -0.3 is 19.9 Å². The quantitative estimate of drug-likeness (QED) is 0.257. The fourth-order valence-corrected chi connectivity index (χ4v) is 7.61. The lowest BCUT2D eigenvalue weighted by Crippen LogP contribution is -2.73. The number of fused-ring (bicyclic) bond motifs is 1. The van der Waals surface area contributed by atoms with Gasteiger partial charge in [-0.2, -0.15) is 12.7 Å². The number of nitrogens with zero attached hydrogens (tertiary/aromatic N) is 4. The molecule has 3 aliphatic heterocycles. The van der Waals surface area contributed by atoms with Crippen molar-refractivity contribution < 1.29 is 36.3 Å². The van der Waals surface area contributed by atoms with Crippen molar-refractivity contribution in [3.63, 3.8) is 0 Å². The van der Waals surface area contributed by atoms with Gasteiger partial charge in [-0.25, -0.2) is 22.9 Å². The summed E-state index contributed by atoms with van der Waals surface area (Å²) < 4.78 is 72.2. The van der Waals surface area contributed by atoms with Crippen LogP contribution in [0.5, 0.6) is 0 Å². The Bertz CT molecular complexity index is 1950. The number of ketones is 1. The van der Waals surface area contributed by atoms with Crippen LogP contribution in [0.4, 0.5) is 29.3 Å². The first kappa shape index (κ1) is 29.1. The SMILES string of the molecule is O=C(c1c(F)ccc(NS(=O)(=O)N2CC[C@@H](F)C2)c1F)c1c[nH]c2ncc(-c3ccc(N4CC5(CN(C(=O)O)C5)C4)cc3)cc12. The molecule has 5 heterocycles. The van der Waals surface area contributed by atoms with Gasteiger partial charge in [0.2, 0.25) is 5.78 Å². The van der Waals surface area contributed by atoms with E-state index >= 15 is 4.39 Å². The molecule has 1 amide bonds. The number of aromatic nitrogens is 2. The molecule has 3 fully saturated rings. The number of hydrogen-bond donors (Lipinski definition) is 3. The summed E-state index contributed by atoms with van der Waals surface area (Å²) in [6.07, 6.45) is 0.658. The number of anilines is 2.